The van der Waals surface area contributed by atoms with Gasteiger partial charge in [0, 0.05) is 29.6 Å². The molecule has 0 aliphatic rings. The molecule has 0 atom stereocenters. The number of para-hydroxylation sites is 1. The number of fused-ring (bicyclic) bond motifs is 3. The van der Waals surface area contributed by atoms with Gasteiger partial charge in [0.15, 0.2) is 6.61 Å². The van der Waals surface area contributed by atoms with Crippen LogP contribution in [0, 0.1) is 5.82 Å². The van der Waals surface area contributed by atoms with Gasteiger partial charge in [0.1, 0.15) is 23.5 Å². The lowest BCUT2D eigenvalue weighted by molar-refractivity contribution is -0.152. The number of rotatable bonds is 6. The van der Waals surface area contributed by atoms with Crippen LogP contribution in [-0.4, -0.2) is 40.0 Å². The van der Waals surface area contributed by atoms with Gasteiger partial charge < -0.3 is 14.1 Å². The number of benzene rings is 2. The van der Waals surface area contributed by atoms with Crippen LogP contribution in [0.3, 0.4) is 0 Å². The molecule has 4 aromatic rings. The van der Waals surface area contributed by atoms with E-state index in [9.17, 15) is 18.8 Å². The third-order valence-electron chi connectivity index (χ3n) is 4.89. The minimum Gasteiger partial charge on any atom is -0.454 e. The molecule has 1 amide bonds. The van der Waals surface area contributed by atoms with Crippen molar-refractivity contribution in [1.82, 2.24) is 14.5 Å². The molecule has 2 aromatic carbocycles. The fourth-order valence-corrected chi connectivity index (χ4v) is 3.40. The Morgan fingerprint density at radius 2 is 2.00 bits per heavy atom. The highest BCUT2D eigenvalue weighted by Crippen LogP contribution is 2.24. The molecule has 0 saturated carbocycles. The Morgan fingerprint density at radius 3 is 2.78 bits per heavy atom. The summed E-state index contributed by atoms with van der Waals surface area (Å²) >= 11 is 5.97. The molecule has 164 valence electrons. The second-order valence-electron chi connectivity index (χ2n) is 7.06. The Balaban J connectivity index is 1.40. The zero-order chi connectivity index (χ0) is 22.8. The third kappa shape index (κ3) is 4.19. The number of hydrogen-bond acceptors (Lipinski definition) is 6. The van der Waals surface area contributed by atoms with Crippen LogP contribution < -0.4 is 5.56 Å². The zero-order valence-electron chi connectivity index (χ0n) is 16.9. The SMILES string of the molecule is CN(Cc1c(F)cccc1Cl)C(=O)COC(=O)Cn1cnc2c(oc3ccccc32)c1=O. The summed E-state index contributed by atoms with van der Waals surface area (Å²) in [6.07, 6.45) is 1.22. The molecule has 32 heavy (non-hydrogen) atoms. The third-order valence-corrected chi connectivity index (χ3v) is 5.24. The maximum absolute atomic E-state index is 13.9. The number of esters is 1. The van der Waals surface area contributed by atoms with Gasteiger partial charge in [-0.1, -0.05) is 29.8 Å². The maximum Gasteiger partial charge on any atom is 0.326 e. The second kappa shape index (κ2) is 8.80. The number of nitrogens with zero attached hydrogens (tertiary/aromatic N) is 3. The first-order valence-electron chi connectivity index (χ1n) is 9.54. The number of hydrogen-bond donors (Lipinski definition) is 0. The lowest BCUT2D eigenvalue weighted by atomic mass is 10.2. The molecule has 2 aromatic heterocycles. The standard InChI is InChI=1S/C22H17ClFN3O5/c1-26(9-14-15(23)6-4-7-16(14)24)18(28)11-31-19(29)10-27-12-25-20-13-5-2-3-8-17(13)32-21(20)22(27)30/h2-8,12H,9-11H2,1H3. The van der Waals surface area contributed by atoms with E-state index in [0.717, 1.165) is 4.57 Å². The van der Waals surface area contributed by atoms with E-state index >= 15 is 0 Å². The largest absolute Gasteiger partial charge is 0.454 e. The van der Waals surface area contributed by atoms with Gasteiger partial charge >= 0.3 is 5.97 Å². The topological polar surface area (TPSA) is 94.6 Å². The van der Waals surface area contributed by atoms with Crippen LogP contribution in [0.4, 0.5) is 4.39 Å². The summed E-state index contributed by atoms with van der Waals surface area (Å²) in [6.45, 7) is -1.11. The second-order valence-corrected chi connectivity index (χ2v) is 7.47. The average Bonchev–Trinajstić information content (AvgIpc) is 3.16. The van der Waals surface area contributed by atoms with Crippen molar-refractivity contribution in [3.05, 3.63) is 75.5 Å². The fourth-order valence-electron chi connectivity index (χ4n) is 3.17. The van der Waals surface area contributed by atoms with Crippen LogP contribution in [0.15, 0.2) is 58.0 Å². The lowest BCUT2D eigenvalue weighted by Crippen LogP contribution is -2.32. The van der Waals surface area contributed by atoms with Gasteiger partial charge in [0.05, 0.1) is 6.33 Å². The van der Waals surface area contributed by atoms with Gasteiger partial charge in [-0.2, -0.15) is 0 Å². The maximum atomic E-state index is 13.9. The Bertz CT molecular complexity index is 1380. The van der Waals surface area contributed by atoms with Crippen LogP contribution in [0.5, 0.6) is 0 Å². The van der Waals surface area contributed by atoms with Crippen LogP contribution in [0.25, 0.3) is 22.1 Å². The predicted octanol–water partition coefficient (Wildman–Crippen LogP) is 3.14. The highest BCUT2D eigenvalue weighted by Gasteiger charge is 2.18. The van der Waals surface area contributed by atoms with Crippen LogP contribution in [0.2, 0.25) is 5.02 Å². The van der Waals surface area contributed by atoms with Gasteiger partial charge in [0.25, 0.3) is 11.5 Å². The summed E-state index contributed by atoms with van der Waals surface area (Å²) in [6, 6.07) is 11.3. The van der Waals surface area contributed by atoms with Crippen LogP contribution >= 0.6 is 11.6 Å². The summed E-state index contributed by atoms with van der Waals surface area (Å²) in [4.78, 5) is 42.5. The molecule has 0 N–H and O–H groups in total. The van der Waals surface area contributed by atoms with E-state index in [0.29, 0.717) is 16.5 Å². The molecule has 0 bridgehead atoms. The van der Waals surface area contributed by atoms with Gasteiger partial charge in [-0.3, -0.25) is 19.0 Å². The number of amides is 1. The number of halogens is 2. The highest BCUT2D eigenvalue weighted by molar-refractivity contribution is 6.31. The van der Waals surface area contributed by atoms with Crippen molar-refractivity contribution in [3.63, 3.8) is 0 Å². The summed E-state index contributed by atoms with van der Waals surface area (Å²) in [5, 5.41) is 0.882. The number of carbonyl (C=O) groups is 2. The van der Waals surface area contributed by atoms with Crippen LogP contribution in [-0.2, 0) is 27.4 Å². The zero-order valence-corrected chi connectivity index (χ0v) is 17.6. The molecule has 8 nitrogen and oxygen atoms in total. The Labute approximate surface area is 185 Å². The summed E-state index contributed by atoms with van der Waals surface area (Å²) in [7, 11) is 1.43. The minimum absolute atomic E-state index is 0.0269. The Morgan fingerprint density at radius 1 is 1.22 bits per heavy atom. The van der Waals surface area contributed by atoms with Crippen molar-refractivity contribution < 1.29 is 23.1 Å². The molecule has 0 radical (unpaired) electrons. The molecule has 2 heterocycles. The normalized spacial score (nSPS) is 11.1. The summed E-state index contributed by atoms with van der Waals surface area (Å²) in [5.74, 6) is -1.91. The monoisotopic (exact) mass is 457 g/mol. The molecule has 0 aliphatic carbocycles. The van der Waals surface area contributed by atoms with E-state index in [1.807, 2.05) is 0 Å². The molecule has 10 heteroatoms. The number of likely N-dealkylation sites (N-methyl/N-ethyl adjacent to an activating group) is 1. The van der Waals surface area contributed by atoms with Crippen molar-refractivity contribution in [3.8, 4) is 0 Å². The first-order chi connectivity index (χ1) is 15.3. The molecule has 0 fully saturated rings. The molecule has 0 saturated heterocycles. The van der Waals surface area contributed by atoms with E-state index in [-0.39, 0.29) is 22.7 Å². The van der Waals surface area contributed by atoms with Gasteiger partial charge in [-0.05, 0) is 24.3 Å². The fraction of sp³-hybridized carbons (Fsp3) is 0.182. The Kier molecular flexibility index (Phi) is 5.91. The van der Waals surface area contributed by atoms with E-state index in [1.165, 1.54) is 36.5 Å². The first-order valence-corrected chi connectivity index (χ1v) is 9.92. The van der Waals surface area contributed by atoms with Gasteiger partial charge in [-0.25, -0.2) is 9.37 Å². The number of aromatic nitrogens is 2. The van der Waals surface area contributed by atoms with Gasteiger partial charge in [-0.15, -0.1) is 0 Å². The number of carbonyl (C=O) groups excluding carboxylic acids is 2. The summed E-state index contributed by atoms with van der Waals surface area (Å²) in [5.41, 5.74) is 0.558. The molecular formula is C22H17ClFN3O5. The first kappa shape index (κ1) is 21.5. The van der Waals surface area contributed by atoms with E-state index in [1.54, 1.807) is 24.3 Å². The van der Waals surface area contributed by atoms with E-state index in [4.69, 9.17) is 20.8 Å². The van der Waals surface area contributed by atoms with E-state index in [2.05, 4.69) is 4.98 Å². The molecule has 4 rings (SSSR count). The highest BCUT2D eigenvalue weighted by atomic mass is 35.5. The van der Waals surface area contributed by atoms with E-state index < -0.39 is 36.4 Å². The Hall–Kier alpha value is -3.72. The van der Waals surface area contributed by atoms with Crippen molar-refractivity contribution in [2.24, 2.45) is 0 Å². The van der Waals surface area contributed by atoms with Crippen molar-refractivity contribution >= 4 is 45.5 Å². The van der Waals surface area contributed by atoms with Crippen molar-refractivity contribution in [2.45, 2.75) is 13.1 Å². The van der Waals surface area contributed by atoms with Gasteiger partial charge in [0.2, 0.25) is 5.58 Å². The number of ether oxygens (including phenoxy) is 1. The molecule has 0 unspecified atom stereocenters. The average molecular weight is 458 g/mol. The minimum atomic E-state index is -0.810. The quantitative estimate of drug-likeness (QED) is 0.413. The number of furan rings is 1. The molecular weight excluding hydrogens is 441 g/mol. The molecule has 0 aliphatic heterocycles. The smallest absolute Gasteiger partial charge is 0.326 e. The van der Waals surface area contributed by atoms with Crippen LogP contribution in [0.1, 0.15) is 5.56 Å². The summed E-state index contributed by atoms with van der Waals surface area (Å²) < 4.78 is 25.5. The van der Waals surface area contributed by atoms with Crippen molar-refractivity contribution in [1.29, 1.82) is 0 Å². The molecule has 0 spiro atoms. The van der Waals surface area contributed by atoms with Crippen molar-refractivity contribution in [2.75, 3.05) is 13.7 Å². The predicted molar refractivity (Wildman–Crippen MR) is 115 cm³/mol. The lowest BCUT2D eigenvalue weighted by Gasteiger charge is -2.18.